The molecule has 0 spiro atoms. The van der Waals surface area contributed by atoms with E-state index in [1.165, 1.54) is 12.1 Å². The number of aromatic nitrogens is 2. The summed E-state index contributed by atoms with van der Waals surface area (Å²) in [5.41, 5.74) is 2.50. The van der Waals surface area contributed by atoms with Crippen molar-refractivity contribution in [1.82, 2.24) is 9.55 Å². The molecule has 0 fully saturated rings. The van der Waals surface area contributed by atoms with Gasteiger partial charge in [-0.05, 0) is 29.8 Å². The van der Waals surface area contributed by atoms with Gasteiger partial charge in [0.25, 0.3) is 0 Å². The lowest BCUT2D eigenvalue weighted by Crippen LogP contribution is -2.06. The molecule has 0 radical (unpaired) electrons. The zero-order valence-electron chi connectivity index (χ0n) is 12.2. The second kappa shape index (κ2) is 6.64. The van der Waals surface area contributed by atoms with Crippen molar-refractivity contribution < 1.29 is 4.39 Å². The molecule has 1 heterocycles. The van der Waals surface area contributed by atoms with Gasteiger partial charge in [-0.2, -0.15) is 5.26 Å². The first kappa shape index (κ1) is 15.3. The highest BCUT2D eigenvalue weighted by molar-refractivity contribution is 6.30. The molecule has 1 aromatic heterocycles. The number of imidazole rings is 1. The van der Waals surface area contributed by atoms with Crippen LogP contribution in [0.25, 0.3) is 11.4 Å². The molecule has 0 aliphatic rings. The second-order valence-electron chi connectivity index (χ2n) is 5.09. The third-order valence-electron chi connectivity index (χ3n) is 3.56. The summed E-state index contributed by atoms with van der Waals surface area (Å²) in [5, 5.41) is 9.36. The van der Waals surface area contributed by atoms with Crippen LogP contribution >= 0.6 is 11.6 Å². The molecular weight excluding hydrogens is 313 g/mol. The molecule has 114 valence electrons. The standard InChI is InChI=1S/C18H13ClFN3/c19-17-16(10-11-21)23(12-13-4-2-1-3-5-13)18(22-17)14-6-8-15(20)9-7-14/h1-9H,10,12H2. The summed E-state index contributed by atoms with van der Waals surface area (Å²) in [6, 6.07) is 18.1. The summed E-state index contributed by atoms with van der Waals surface area (Å²) in [6.07, 6.45) is 0.167. The van der Waals surface area contributed by atoms with Crippen molar-refractivity contribution in [3.05, 3.63) is 76.8 Å². The Balaban J connectivity index is 2.10. The molecule has 0 amide bonds. The molecule has 0 saturated carbocycles. The molecule has 0 atom stereocenters. The zero-order chi connectivity index (χ0) is 16.2. The molecule has 0 aliphatic carbocycles. The van der Waals surface area contributed by atoms with Gasteiger partial charge < -0.3 is 4.57 Å². The molecule has 5 heteroatoms. The van der Waals surface area contributed by atoms with Crippen LogP contribution in [0.3, 0.4) is 0 Å². The van der Waals surface area contributed by atoms with Crippen LogP contribution in [0.15, 0.2) is 54.6 Å². The van der Waals surface area contributed by atoms with E-state index in [9.17, 15) is 4.39 Å². The Labute approximate surface area is 138 Å². The predicted molar refractivity (Wildman–Crippen MR) is 87.5 cm³/mol. The maximum atomic E-state index is 13.2. The van der Waals surface area contributed by atoms with Crippen molar-refractivity contribution in [2.75, 3.05) is 0 Å². The lowest BCUT2D eigenvalue weighted by atomic mass is 10.2. The van der Waals surface area contributed by atoms with E-state index in [0.29, 0.717) is 23.2 Å². The number of nitriles is 1. The largest absolute Gasteiger partial charge is 0.321 e. The smallest absolute Gasteiger partial charge is 0.152 e. The topological polar surface area (TPSA) is 41.6 Å². The van der Waals surface area contributed by atoms with Gasteiger partial charge in [-0.25, -0.2) is 9.37 Å². The number of hydrogen-bond acceptors (Lipinski definition) is 2. The SMILES string of the molecule is N#CCc1c(Cl)nc(-c2ccc(F)cc2)n1Cc1ccccc1. The third-order valence-corrected chi connectivity index (χ3v) is 3.86. The fourth-order valence-electron chi connectivity index (χ4n) is 2.46. The molecule has 0 unspecified atom stereocenters. The minimum absolute atomic E-state index is 0.167. The quantitative estimate of drug-likeness (QED) is 0.710. The van der Waals surface area contributed by atoms with Crippen LogP contribution in [-0.2, 0) is 13.0 Å². The fraction of sp³-hybridized carbons (Fsp3) is 0.111. The Kier molecular flexibility index (Phi) is 4.40. The van der Waals surface area contributed by atoms with Gasteiger partial charge in [-0.15, -0.1) is 0 Å². The molecule has 0 aliphatic heterocycles. The van der Waals surface area contributed by atoms with Crippen LogP contribution in [0.4, 0.5) is 4.39 Å². The van der Waals surface area contributed by atoms with Gasteiger partial charge >= 0.3 is 0 Å². The number of nitrogens with zero attached hydrogens (tertiary/aromatic N) is 3. The molecule has 0 bridgehead atoms. The van der Waals surface area contributed by atoms with E-state index in [1.807, 2.05) is 34.9 Å². The fourth-order valence-corrected chi connectivity index (χ4v) is 2.70. The average molecular weight is 326 g/mol. The second-order valence-corrected chi connectivity index (χ2v) is 5.44. The summed E-state index contributed by atoms with van der Waals surface area (Å²) in [4.78, 5) is 4.38. The number of benzene rings is 2. The van der Waals surface area contributed by atoms with E-state index in [2.05, 4.69) is 11.1 Å². The summed E-state index contributed by atoms with van der Waals surface area (Å²) in [6.45, 7) is 0.546. The van der Waals surface area contributed by atoms with Gasteiger partial charge in [0.05, 0.1) is 18.2 Å². The molecule has 23 heavy (non-hydrogen) atoms. The molecule has 3 nitrogen and oxygen atoms in total. The van der Waals surface area contributed by atoms with Gasteiger partial charge in [0.1, 0.15) is 11.6 Å². The van der Waals surface area contributed by atoms with Crippen LogP contribution < -0.4 is 0 Å². The van der Waals surface area contributed by atoms with Crippen molar-refractivity contribution in [1.29, 1.82) is 5.26 Å². The molecule has 3 rings (SSSR count). The molecule has 0 saturated heterocycles. The molecule has 2 aromatic carbocycles. The Morgan fingerprint density at radius 1 is 1.09 bits per heavy atom. The van der Waals surface area contributed by atoms with E-state index in [0.717, 1.165) is 11.1 Å². The van der Waals surface area contributed by atoms with Crippen LogP contribution in [0, 0.1) is 17.1 Å². The van der Waals surface area contributed by atoms with Crippen LogP contribution in [0.2, 0.25) is 5.15 Å². The normalized spacial score (nSPS) is 10.5. The molecule has 3 aromatic rings. The van der Waals surface area contributed by atoms with Crippen molar-refractivity contribution in [3.8, 4) is 17.5 Å². The van der Waals surface area contributed by atoms with Crippen LogP contribution in [-0.4, -0.2) is 9.55 Å². The Morgan fingerprint density at radius 3 is 2.43 bits per heavy atom. The molecule has 0 N–H and O–H groups in total. The monoisotopic (exact) mass is 325 g/mol. The third kappa shape index (κ3) is 3.25. The van der Waals surface area contributed by atoms with Crippen molar-refractivity contribution in [2.24, 2.45) is 0 Å². The van der Waals surface area contributed by atoms with Gasteiger partial charge in [-0.3, -0.25) is 0 Å². The maximum Gasteiger partial charge on any atom is 0.152 e. The van der Waals surface area contributed by atoms with Gasteiger partial charge in [-0.1, -0.05) is 41.9 Å². The minimum atomic E-state index is -0.307. The zero-order valence-corrected chi connectivity index (χ0v) is 13.0. The number of halogens is 2. The Bertz CT molecular complexity index is 848. The summed E-state index contributed by atoms with van der Waals surface area (Å²) < 4.78 is 15.1. The molecular formula is C18H13ClFN3. The van der Waals surface area contributed by atoms with Crippen LogP contribution in [0.5, 0.6) is 0 Å². The van der Waals surface area contributed by atoms with Crippen LogP contribution in [0.1, 0.15) is 11.3 Å². The maximum absolute atomic E-state index is 13.2. The first-order valence-electron chi connectivity index (χ1n) is 7.10. The summed E-state index contributed by atoms with van der Waals surface area (Å²) in [5.74, 6) is 0.322. The van der Waals surface area contributed by atoms with E-state index in [-0.39, 0.29) is 12.2 Å². The van der Waals surface area contributed by atoms with Crippen molar-refractivity contribution in [2.45, 2.75) is 13.0 Å². The minimum Gasteiger partial charge on any atom is -0.321 e. The average Bonchev–Trinajstić information content (AvgIpc) is 2.86. The van der Waals surface area contributed by atoms with Crippen molar-refractivity contribution in [3.63, 3.8) is 0 Å². The first-order chi connectivity index (χ1) is 11.2. The Morgan fingerprint density at radius 2 is 1.78 bits per heavy atom. The van der Waals surface area contributed by atoms with E-state index < -0.39 is 0 Å². The van der Waals surface area contributed by atoms with Gasteiger partial charge in [0.2, 0.25) is 0 Å². The lowest BCUT2D eigenvalue weighted by molar-refractivity contribution is 0.628. The highest BCUT2D eigenvalue weighted by atomic mass is 35.5. The Hall–Kier alpha value is -2.64. The van der Waals surface area contributed by atoms with E-state index in [4.69, 9.17) is 16.9 Å². The highest BCUT2D eigenvalue weighted by Gasteiger charge is 2.17. The van der Waals surface area contributed by atoms with Gasteiger partial charge in [0, 0.05) is 12.1 Å². The predicted octanol–water partition coefficient (Wildman–Crippen LogP) is 4.46. The van der Waals surface area contributed by atoms with E-state index >= 15 is 0 Å². The lowest BCUT2D eigenvalue weighted by Gasteiger charge is -2.11. The van der Waals surface area contributed by atoms with Crippen molar-refractivity contribution >= 4 is 11.6 Å². The summed E-state index contributed by atoms with van der Waals surface area (Å²) >= 11 is 6.22. The number of rotatable bonds is 4. The first-order valence-corrected chi connectivity index (χ1v) is 7.48. The highest BCUT2D eigenvalue weighted by Crippen LogP contribution is 2.27. The number of hydrogen-bond donors (Lipinski definition) is 0. The van der Waals surface area contributed by atoms with E-state index in [1.54, 1.807) is 12.1 Å². The summed E-state index contributed by atoms with van der Waals surface area (Å²) in [7, 11) is 0. The van der Waals surface area contributed by atoms with Gasteiger partial charge in [0.15, 0.2) is 5.15 Å².